The normalized spacial score (nSPS) is 22.6. The quantitative estimate of drug-likeness (QED) is 0.776. The second kappa shape index (κ2) is 9.37. The van der Waals surface area contributed by atoms with Crippen molar-refractivity contribution in [1.29, 1.82) is 5.26 Å². The summed E-state index contributed by atoms with van der Waals surface area (Å²) in [6, 6.07) is 8.59. The minimum atomic E-state index is -0.0739. The van der Waals surface area contributed by atoms with Crippen LogP contribution in [0, 0.1) is 11.3 Å². The van der Waals surface area contributed by atoms with Crippen molar-refractivity contribution in [3.05, 3.63) is 30.1 Å². The van der Waals surface area contributed by atoms with E-state index in [4.69, 9.17) is 5.11 Å². The molecule has 158 valence electrons. The highest BCUT2D eigenvalue weighted by atomic mass is 16.3. The highest BCUT2D eigenvalue weighted by Crippen LogP contribution is 2.28. The Kier molecular flexibility index (Phi) is 6.41. The Morgan fingerprint density at radius 3 is 2.63 bits per heavy atom. The summed E-state index contributed by atoms with van der Waals surface area (Å²) in [5, 5.41) is 22.6. The molecule has 1 saturated carbocycles. The van der Waals surface area contributed by atoms with Crippen molar-refractivity contribution >= 4 is 22.6 Å². The molecule has 1 saturated heterocycles. The van der Waals surface area contributed by atoms with Crippen LogP contribution < -0.4 is 5.32 Å². The average Bonchev–Trinajstić information content (AvgIpc) is 2.80. The first-order valence-corrected chi connectivity index (χ1v) is 10.7. The number of benzene rings is 1. The zero-order chi connectivity index (χ0) is 20.9. The van der Waals surface area contributed by atoms with Gasteiger partial charge in [-0.05, 0) is 43.9 Å². The fraction of sp³-hybridized carbons (Fsp3) is 0.545. The maximum Gasteiger partial charge on any atom is 0.224 e. The highest BCUT2D eigenvalue weighted by molar-refractivity contribution is 5.89. The Morgan fingerprint density at radius 2 is 1.93 bits per heavy atom. The van der Waals surface area contributed by atoms with Crippen LogP contribution in [0.2, 0.25) is 0 Å². The highest BCUT2D eigenvalue weighted by Gasteiger charge is 2.29. The predicted molar refractivity (Wildman–Crippen MR) is 114 cm³/mol. The van der Waals surface area contributed by atoms with Crippen LogP contribution >= 0.6 is 0 Å². The Hall–Kier alpha value is -2.76. The molecule has 0 radical (unpaired) electrons. The molecule has 1 aromatic heterocycles. The number of carbonyl (C=O) groups excluding carboxylic acids is 1. The van der Waals surface area contributed by atoms with Crippen LogP contribution in [0.25, 0.3) is 10.9 Å². The summed E-state index contributed by atoms with van der Waals surface area (Å²) in [7, 11) is 0. The number of hydrogen-bond donors (Lipinski definition) is 2. The summed E-state index contributed by atoms with van der Waals surface area (Å²) < 4.78 is 0. The summed E-state index contributed by atoms with van der Waals surface area (Å²) >= 11 is 0. The van der Waals surface area contributed by atoms with Crippen LogP contribution in [0.4, 0.5) is 5.82 Å². The number of anilines is 1. The minimum Gasteiger partial charge on any atom is -0.396 e. The van der Waals surface area contributed by atoms with Crippen LogP contribution in [0.1, 0.15) is 37.7 Å². The third kappa shape index (κ3) is 4.53. The molecule has 4 rings (SSSR count). The molecule has 8 nitrogen and oxygen atoms in total. The molecule has 0 bridgehead atoms. The zero-order valence-corrected chi connectivity index (χ0v) is 17.1. The third-order valence-electron chi connectivity index (χ3n) is 6.31. The van der Waals surface area contributed by atoms with Gasteiger partial charge in [0.1, 0.15) is 12.1 Å². The summed E-state index contributed by atoms with van der Waals surface area (Å²) in [6.07, 6.45) is 6.17. The molecule has 0 spiro atoms. The lowest BCUT2D eigenvalue weighted by molar-refractivity contribution is -0.134. The lowest BCUT2D eigenvalue weighted by atomic mass is 9.89. The SMILES string of the molecule is N#Cc1ccc2ncnc(NC3CCC(N4CCN(C(=O)CCO)CC4)CC3)c2c1. The summed E-state index contributed by atoms with van der Waals surface area (Å²) in [5.74, 6) is 0.859. The van der Waals surface area contributed by atoms with Crippen molar-refractivity contribution in [1.82, 2.24) is 19.8 Å². The van der Waals surface area contributed by atoms with Crippen LogP contribution in [0.3, 0.4) is 0 Å². The van der Waals surface area contributed by atoms with Gasteiger partial charge in [0.2, 0.25) is 5.91 Å². The zero-order valence-electron chi connectivity index (χ0n) is 17.1. The Balaban J connectivity index is 1.31. The van der Waals surface area contributed by atoms with Gasteiger partial charge >= 0.3 is 0 Å². The first kappa shape index (κ1) is 20.5. The molecule has 0 atom stereocenters. The lowest BCUT2D eigenvalue weighted by Gasteiger charge is -2.42. The van der Waals surface area contributed by atoms with Gasteiger partial charge in [0.25, 0.3) is 0 Å². The Morgan fingerprint density at radius 1 is 1.17 bits per heavy atom. The summed E-state index contributed by atoms with van der Waals surface area (Å²) in [6.45, 7) is 3.26. The van der Waals surface area contributed by atoms with E-state index in [1.807, 2.05) is 17.0 Å². The molecular formula is C22H28N6O2. The number of aliphatic hydroxyl groups excluding tert-OH is 1. The molecule has 1 aromatic carbocycles. The van der Waals surface area contributed by atoms with Crippen LogP contribution in [-0.2, 0) is 4.79 Å². The van der Waals surface area contributed by atoms with E-state index in [-0.39, 0.29) is 18.9 Å². The van der Waals surface area contributed by atoms with Crippen molar-refractivity contribution in [3.63, 3.8) is 0 Å². The van der Waals surface area contributed by atoms with Gasteiger partial charge in [0.05, 0.1) is 23.8 Å². The van der Waals surface area contributed by atoms with Crippen LogP contribution in [0.5, 0.6) is 0 Å². The smallest absolute Gasteiger partial charge is 0.224 e. The molecule has 2 aromatic rings. The number of aromatic nitrogens is 2. The van der Waals surface area contributed by atoms with E-state index in [9.17, 15) is 10.1 Å². The number of fused-ring (bicyclic) bond motifs is 1. The fourth-order valence-electron chi connectivity index (χ4n) is 4.61. The lowest BCUT2D eigenvalue weighted by Crippen LogP contribution is -2.53. The van der Waals surface area contributed by atoms with Gasteiger partial charge in [0, 0.05) is 50.1 Å². The second-order valence-corrected chi connectivity index (χ2v) is 8.11. The number of aliphatic hydroxyl groups is 1. The second-order valence-electron chi connectivity index (χ2n) is 8.11. The van der Waals surface area contributed by atoms with Crippen LogP contribution in [-0.4, -0.2) is 75.7 Å². The average molecular weight is 409 g/mol. The van der Waals surface area contributed by atoms with Gasteiger partial charge in [-0.25, -0.2) is 9.97 Å². The van der Waals surface area contributed by atoms with Gasteiger partial charge in [-0.2, -0.15) is 5.26 Å². The topological polar surface area (TPSA) is 105 Å². The minimum absolute atomic E-state index is 0.0571. The standard InChI is InChI=1S/C22H28N6O2/c23-14-16-1-6-20-19(13-16)22(25-15-24-20)26-17-2-4-18(5-3-17)27-8-10-28(11-9-27)21(30)7-12-29/h1,6,13,15,17-18,29H,2-5,7-12H2,(H,24,25,26). The molecule has 30 heavy (non-hydrogen) atoms. The largest absolute Gasteiger partial charge is 0.396 e. The number of nitriles is 1. The molecule has 2 fully saturated rings. The van der Waals surface area contributed by atoms with E-state index < -0.39 is 0 Å². The van der Waals surface area contributed by atoms with E-state index >= 15 is 0 Å². The third-order valence-corrected chi connectivity index (χ3v) is 6.31. The van der Waals surface area contributed by atoms with Gasteiger partial charge in [0.15, 0.2) is 0 Å². The van der Waals surface area contributed by atoms with Crippen molar-refractivity contribution in [2.24, 2.45) is 0 Å². The number of nitrogens with one attached hydrogen (secondary N) is 1. The van der Waals surface area contributed by atoms with Crippen LogP contribution in [0.15, 0.2) is 24.5 Å². The number of amides is 1. The summed E-state index contributed by atoms with van der Waals surface area (Å²) in [4.78, 5) is 25.1. The van der Waals surface area contributed by atoms with Crippen molar-refractivity contribution in [2.75, 3.05) is 38.1 Å². The van der Waals surface area contributed by atoms with E-state index in [1.54, 1.807) is 12.4 Å². The molecule has 1 amide bonds. The fourth-order valence-corrected chi connectivity index (χ4v) is 4.61. The van der Waals surface area contributed by atoms with E-state index in [0.29, 0.717) is 17.6 Å². The molecule has 1 aliphatic heterocycles. The van der Waals surface area contributed by atoms with E-state index in [2.05, 4.69) is 26.3 Å². The van der Waals surface area contributed by atoms with Crippen molar-refractivity contribution in [3.8, 4) is 6.07 Å². The predicted octanol–water partition coefficient (Wildman–Crippen LogP) is 1.75. The number of hydrogen-bond acceptors (Lipinski definition) is 7. The molecule has 2 heterocycles. The van der Waals surface area contributed by atoms with E-state index in [0.717, 1.165) is 68.6 Å². The molecule has 0 unspecified atom stereocenters. The van der Waals surface area contributed by atoms with Gasteiger partial charge in [-0.15, -0.1) is 0 Å². The summed E-state index contributed by atoms with van der Waals surface area (Å²) in [5.41, 5.74) is 1.45. The number of rotatable bonds is 5. The first-order chi connectivity index (χ1) is 14.7. The first-order valence-electron chi connectivity index (χ1n) is 10.7. The van der Waals surface area contributed by atoms with Crippen molar-refractivity contribution in [2.45, 2.75) is 44.2 Å². The number of nitrogens with zero attached hydrogens (tertiary/aromatic N) is 5. The monoisotopic (exact) mass is 408 g/mol. The number of carbonyl (C=O) groups is 1. The van der Waals surface area contributed by atoms with E-state index in [1.165, 1.54) is 0 Å². The maximum absolute atomic E-state index is 11.9. The molecule has 8 heteroatoms. The molecule has 1 aliphatic carbocycles. The van der Waals surface area contributed by atoms with Crippen molar-refractivity contribution < 1.29 is 9.90 Å². The Labute approximate surface area is 176 Å². The molecule has 2 N–H and O–H groups in total. The Bertz CT molecular complexity index is 927. The number of piperazine rings is 1. The maximum atomic E-state index is 11.9. The van der Waals surface area contributed by atoms with Gasteiger partial charge in [-0.3, -0.25) is 9.69 Å². The molecule has 2 aliphatic rings. The molecular weight excluding hydrogens is 380 g/mol. The van der Waals surface area contributed by atoms with Gasteiger partial charge < -0.3 is 15.3 Å². The van der Waals surface area contributed by atoms with Gasteiger partial charge in [-0.1, -0.05) is 0 Å².